The monoisotopic (exact) mass is 278 g/mol. The summed E-state index contributed by atoms with van der Waals surface area (Å²) < 4.78 is 31.7. The molecule has 0 aliphatic heterocycles. The van der Waals surface area contributed by atoms with Gasteiger partial charge in [0.25, 0.3) is 0 Å². The van der Waals surface area contributed by atoms with Gasteiger partial charge in [-0.3, -0.25) is 0 Å². The third-order valence-corrected chi connectivity index (χ3v) is 3.00. The zero-order valence-electron chi connectivity index (χ0n) is 11.1. The zero-order valence-corrected chi connectivity index (χ0v) is 11.1. The van der Waals surface area contributed by atoms with Crippen LogP contribution in [0.4, 0.5) is 14.5 Å². The van der Waals surface area contributed by atoms with E-state index in [4.69, 9.17) is 10.5 Å². The molecule has 1 atom stereocenters. The van der Waals surface area contributed by atoms with Gasteiger partial charge in [0.1, 0.15) is 17.4 Å². The smallest absolute Gasteiger partial charge is 0.131 e. The minimum absolute atomic E-state index is 0.189. The van der Waals surface area contributed by atoms with Gasteiger partial charge in [-0.1, -0.05) is 6.07 Å². The predicted octanol–water partition coefficient (Wildman–Crippen LogP) is 3.09. The molecule has 2 aromatic carbocycles. The summed E-state index contributed by atoms with van der Waals surface area (Å²) in [6.45, 7) is 0.189. The molecule has 0 bridgehead atoms. The molecule has 0 saturated carbocycles. The number of ether oxygens (including phenoxy) is 1. The van der Waals surface area contributed by atoms with E-state index in [0.717, 1.165) is 17.5 Å². The third kappa shape index (κ3) is 3.24. The normalized spacial score (nSPS) is 12.0. The molecule has 3 N–H and O–H groups in total. The lowest BCUT2D eigenvalue weighted by atomic mass is 10.1. The molecule has 0 amide bonds. The van der Waals surface area contributed by atoms with Gasteiger partial charge in [0, 0.05) is 23.9 Å². The van der Waals surface area contributed by atoms with Crippen molar-refractivity contribution in [2.24, 2.45) is 5.73 Å². The molecule has 0 radical (unpaired) electrons. The van der Waals surface area contributed by atoms with Gasteiger partial charge < -0.3 is 15.8 Å². The van der Waals surface area contributed by atoms with E-state index in [-0.39, 0.29) is 6.54 Å². The summed E-state index contributed by atoms with van der Waals surface area (Å²) in [5.74, 6) is -0.485. The van der Waals surface area contributed by atoms with Gasteiger partial charge in [0.15, 0.2) is 0 Å². The third-order valence-electron chi connectivity index (χ3n) is 3.00. The molecule has 2 aromatic rings. The fraction of sp³-hybridized carbons (Fsp3) is 0.200. The quantitative estimate of drug-likeness (QED) is 0.883. The summed E-state index contributed by atoms with van der Waals surface area (Å²) in [7, 11) is 1.58. The molecule has 0 saturated heterocycles. The highest BCUT2D eigenvalue weighted by Gasteiger charge is 2.14. The maximum atomic E-state index is 13.8. The molecular weight excluding hydrogens is 262 g/mol. The van der Waals surface area contributed by atoms with E-state index >= 15 is 0 Å². The van der Waals surface area contributed by atoms with Crippen LogP contribution < -0.4 is 15.8 Å². The Kier molecular flexibility index (Phi) is 4.53. The molecule has 20 heavy (non-hydrogen) atoms. The van der Waals surface area contributed by atoms with Crippen LogP contribution in [0, 0.1) is 11.6 Å². The van der Waals surface area contributed by atoms with Gasteiger partial charge in [0.05, 0.1) is 13.2 Å². The van der Waals surface area contributed by atoms with Crippen molar-refractivity contribution < 1.29 is 13.5 Å². The highest BCUT2D eigenvalue weighted by atomic mass is 19.1. The lowest BCUT2D eigenvalue weighted by Gasteiger charge is -2.19. The lowest BCUT2D eigenvalue weighted by Crippen LogP contribution is -2.21. The van der Waals surface area contributed by atoms with Crippen molar-refractivity contribution in [2.45, 2.75) is 6.04 Å². The zero-order chi connectivity index (χ0) is 14.5. The van der Waals surface area contributed by atoms with E-state index in [2.05, 4.69) is 5.32 Å². The van der Waals surface area contributed by atoms with Gasteiger partial charge >= 0.3 is 0 Å². The highest BCUT2D eigenvalue weighted by molar-refractivity contribution is 5.48. The first kappa shape index (κ1) is 14.3. The number of hydrogen-bond acceptors (Lipinski definition) is 3. The molecule has 0 aliphatic rings. The number of nitrogens with two attached hydrogens (primary N) is 1. The molecule has 106 valence electrons. The Hall–Kier alpha value is -2.14. The molecule has 0 spiro atoms. The number of rotatable bonds is 5. The number of hydrogen-bond donors (Lipinski definition) is 2. The van der Waals surface area contributed by atoms with Crippen molar-refractivity contribution >= 4 is 5.69 Å². The summed E-state index contributed by atoms with van der Waals surface area (Å²) in [5, 5.41) is 3.11. The second-order valence-electron chi connectivity index (χ2n) is 4.33. The van der Waals surface area contributed by atoms with Gasteiger partial charge in [0.2, 0.25) is 0 Å². The first-order valence-corrected chi connectivity index (χ1v) is 6.19. The Bertz CT molecular complexity index is 573. The molecule has 2 rings (SSSR count). The van der Waals surface area contributed by atoms with E-state index in [1.807, 2.05) is 12.1 Å². The van der Waals surface area contributed by atoms with Crippen molar-refractivity contribution in [3.05, 3.63) is 59.7 Å². The average Bonchev–Trinajstić information content (AvgIpc) is 2.46. The summed E-state index contributed by atoms with van der Waals surface area (Å²) in [4.78, 5) is 0. The average molecular weight is 278 g/mol. The van der Waals surface area contributed by atoms with Crippen LogP contribution in [0.5, 0.6) is 5.75 Å². The van der Waals surface area contributed by atoms with Crippen LogP contribution in [-0.4, -0.2) is 13.7 Å². The SMILES string of the molecule is COc1ccc(NC(CN)c2ccc(F)cc2F)cc1. The summed E-state index contributed by atoms with van der Waals surface area (Å²) in [6, 6.07) is 10.2. The topological polar surface area (TPSA) is 47.3 Å². The Morgan fingerprint density at radius 3 is 2.40 bits per heavy atom. The second-order valence-corrected chi connectivity index (χ2v) is 4.33. The minimum atomic E-state index is -0.610. The van der Waals surface area contributed by atoms with Gasteiger partial charge in [-0.15, -0.1) is 0 Å². The lowest BCUT2D eigenvalue weighted by molar-refractivity contribution is 0.415. The Morgan fingerprint density at radius 1 is 1.15 bits per heavy atom. The fourth-order valence-electron chi connectivity index (χ4n) is 1.94. The molecule has 5 heteroatoms. The summed E-state index contributed by atoms with van der Waals surface area (Å²) >= 11 is 0. The van der Waals surface area contributed by atoms with Crippen molar-refractivity contribution in [1.29, 1.82) is 0 Å². The van der Waals surface area contributed by atoms with Gasteiger partial charge in [-0.05, 0) is 30.3 Å². The van der Waals surface area contributed by atoms with Gasteiger partial charge in [-0.2, -0.15) is 0 Å². The van der Waals surface area contributed by atoms with E-state index < -0.39 is 17.7 Å². The standard InChI is InChI=1S/C15H16F2N2O/c1-20-12-5-3-11(4-6-12)19-15(9-18)13-7-2-10(16)8-14(13)17/h2-8,15,19H,9,18H2,1H3. The second kappa shape index (κ2) is 6.34. The van der Waals surface area contributed by atoms with E-state index in [0.29, 0.717) is 5.56 Å². The Morgan fingerprint density at radius 2 is 1.85 bits per heavy atom. The van der Waals surface area contributed by atoms with Crippen molar-refractivity contribution in [3.8, 4) is 5.75 Å². The van der Waals surface area contributed by atoms with Crippen LogP contribution in [0.1, 0.15) is 11.6 Å². The molecular formula is C15H16F2N2O. The Balaban J connectivity index is 2.19. The largest absolute Gasteiger partial charge is 0.497 e. The molecule has 1 unspecified atom stereocenters. The molecule has 0 aromatic heterocycles. The maximum Gasteiger partial charge on any atom is 0.131 e. The molecule has 0 aliphatic carbocycles. The minimum Gasteiger partial charge on any atom is -0.497 e. The van der Waals surface area contributed by atoms with Crippen molar-refractivity contribution in [3.63, 3.8) is 0 Å². The molecule has 0 fully saturated rings. The van der Waals surface area contributed by atoms with Crippen LogP contribution in [0.2, 0.25) is 0 Å². The molecule has 3 nitrogen and oxygen atoms in total. The van der Waals surface area contributed by atoms with Crippen molar-refractivity contribution in [2.75, 3.05) is 19.0 Å². The van der Waals surface area contributed by atoms with Crippen LogP contribution in [0.15, 0.2) is 42.5 Å². The maximum absolute atomic E-state index is 13.8. The van der Waals surface area contributed by atoms with Crippen molar-refractivity contribution in [1.82, 2.24) is 0 Å². The fourth-order valence-corrected chi connectivity index (χ4v) is 1.94. The van der Waals surface area contributed by atoms with E-state index in [9.17, 15) is 8.78 Å². The van der Waals surface area contributed by atoms with E-state index in [1.54, 1.807) is 19.2 Å². The number of anilines is 1. The first-order chi connectivity index (χ1) is 9.63. The first-order valence-electron chi connectivity index (χ1n) is 6.19. The molecule has 0 heterocycles. The number of halogens is 2. The highest BCUT2D eigenvalue weighted by Crippen LogP contribution is 2.23. The van der Waals surface area contributed by atoms with Gasteiger partial charge in [-0.25, -0.2) is 8.78 Å². The number of nitrogens with one attached hydrogen (secondary N) is 1. The predicted molar refractivity (Wildman–Crippen MR) is 74.8 cm³/mol. The summed E-state index contributed by atoms with van der Waals surface area (Å²) in [6.07, 6.45) is 0. The van der Waals surface area contributed by atoms with Crippen LogP contribution in [-0.2, 0) is 0 Å². The Labute approximate surface area is 116 Å². The number of methoxy groups -OCH3 is 1. The van der Waals surface area contributed by atoms with Crippen LogP contribution in [0.3, 0.4) is 0 Å². The summed E-state index contributed by atoms with van der Waals surface area (Å²) in [5.41, 5.74) is 6.79. The van der Waals surface area contributed by atoms with E-state index in [1.165, 1.54) is 12.1 Å². The number of benzene rings is 2. The van der Waals surface area contributed by atoms with Crippen LogP contribution in [0.25, 0.3) is 0 Å². The van der Waals surface area contributed by atoms with Crippen LogP contribution >= 0.6 is 0 Å².